The quantitative estimate of drug-likeness (QED) is 0.781. The van der Waals surface area contributed by atoms with Crippen LogP contribution in [-0.4, -0.2) is 38.3 Å². The lowest BCUT2D eigenvalue weighted by atomic mass is 10.1. The Morgan fingerprint density at radius 2 is 2.07 bits per heavy atom. The molecule has 1 N–H and O–H groups in total. The summed E-state index contributed by atoms with van der Waals surface area (Å²) in [4.78, 5) is 14.3. The van der Waals surface area contributed by atoms with Gasteiger partial charge in [0.15, 0.2) is 6.79 Å². The van der Waals surface area contributed by atoms with E-state index in [1.54, 1.807) is 18.2 Å². The molecule has 3 rings (SSSR count). The number of hydrogen-bond acceptors (Lipinski definition) is 5. The third-order valence-corrected chi connectivity index (χ3v) is 4.49. The van der Waals surface area contributed by atoms with Crippen LogP contribution in [-0.2, 0) is 22.7 Å². The first-order valence-electron chi connectivity index (χ1n) is 8.30. The Labute approximate surface area is 167 Å². The van der Waals surface area contributed by atoms with Crippen molar-refractivity contribution in [2.75, 3.05) is 32.8 Å². The zero-order valence-electron chi connectivity index (χ0n) is 15.1. The molecule has 1 heterocycles. The fourth-order valence-corrected chi connectivity index (χ4v) is 3.37. The van der Waals surface area contributed by atoms with Crippen molar-refractivity contribution in [2.24, 2.45) is 0 Å². The maximum Gasteiger partial charge on any atom is 0.238 e. The van der Waals surface area contributed by atoms with Gasteiger partial charge < -0.3 is 19.5 Å². The van der Waals surface area contributed by atoms with Crippen LogP contribution in [0.2, 0.25) is 10.0 Å². The van der Waals surface area contributed by atoms with E-state index in [0.717, 1.165) is 16.9 Å². The maximum absolute atomic E-state index is 12.4. The van der Waals surface area contributed by atoms with E-state index < -0.39 is 0 Å². The van der Waals surface area contributed by atoms with Crippen LogP contribution in [0.15, 0.2) is 30.3 Å². The van der Waals surface area contributed by atoms with Crippen LogP contribution in [0.4, 0.5) is 5.69 Å². The predicted molar refractivity (Wildman–Crippen MR) is 105 cm³/mol. The molecule has 144 valence electrons. The molecule has 1 aliphatic rings. The summed E-state index contributed by atoms with van der Waals surface area (Å²) >= 11 is 12.2. The summed E-state index contributed by atoms with van der Waals surface area (Å²) in [6.45, 7) is 1.35. The number of nitrogens with zero attached hydrogens (tertiary/aromatic N) is 1. The molecule has 0 bridgehead atoms. The molecule has 6 nitrogen and oxygen atoms in total. The fourth-order valence-electron chi connectivity index (χ4n) is 2.93. The van der Waals surface area contributed by atoms with Gasteiger partial charge in [-0.1, -0.05) is 23.2 Å². The average molecular weight is 411 g/mol. The minimum Gasteiger partial charge on any atom is -0.495 e. The van der Waals surface area contributed by atoms with E-state index in [2.05, 4.69) is 5.32 Å². The normalized spacial score (nSPS) is 13.1. The molecule has 1 amide bonds. The Bertz CT molecular complexity index is 845. The van der Waals surface area contributed by atoms with E-state index in [-0.39, 0.29) is 19.2 Å². The van der Waals surface area contributed by atoms with Crippen molar-refractivity contribution in [1.29, 1.82) is 0 Å². The molecule has 0 spiro atoms. The van der Waals surface area contributed by atoms with E-state index in [4.69, 9.17) is 37.4 Å². The number of rotatable bonds is 6. The van der Waals surface area contributed by atoms with Crippen LogP contribution in [0.1, 0.15) is 11.1 Å². The number of amides is 1. The molecule has 0 saturated heterocycles. The van der Waals surface area contributed by atoms with Gasteiger partial charge in [0.2, 0.25) is 5.91 Å². The highest BCUT2D eigenvalue weighted by Gasteiger charge is 2.18. The van der Waals surface area contributed by atoms with Gasteiger partial charge in [0, 0.05) is 27.7 Å². The fraction of sp³-hybridized carbons (Fsp3) is 0.316. The van der Waals surface area contributed by atoms with Gasteiger partial charge in [-0.3, -0.25) is 9.69 Å². The number of likely N-dealkylation sites (N-methyl/N-ethyl adjacent to an activating group) is 1. The molecule has 0 saturated carbocycles. The highest BCUT2D eigenvalue weighted by molar-refractivity contribution is 6.31. The number of methoxy groups -OCH3 is 1. The number of hydrogen-bond donors (Lipinski definition) is 1. The Balaban J connectivity index is 1.66. The van der Waals surface area contributed by atoms with Crippen LogP contribution in [0, 0.1) is 0 Å². The molecule has 27 heavy (non-hydrogen) atoms. The molecule has 0 unspecified atom stereocenters. The highest BCUT2D eigenvalue weighted by atomic mass is 35.5. The van der Waals surface area contributed by atoms with Gasteiger partial charge in [-0.25, -0.2) is 0 Å². The Hall–Kier alpha value is -1.99. The summed E-state index contributed by atoms with van der Waals surface area (Å²) in [7, 11) is 3.39. The first-order valence-corrected chi connectivity index (χ1v) is 9.05. The van der Waals surface area contributed by atoms with Gasteiger partial charge in [-0.2, -0.15) is 0 Å². The molecular weight excluding hydrogens is 391 g/mol. The monoisotopic (exact) mass is 410 g/mol. The van der Waals surface area contributed by atoms with Gasteiger partial charge in [-0.05, 0) is 37.4 Å². The maximum atomic E-state index is 12.4. The second-order valence-electron chi connectivity index (χ2n) is 6.23. The Morgan fingerprint density at radius 3 is 2.85 bits per heavy atom. The van der Waals surface area contributed by atoms with Crippen molar-refractivity contribution in [1.82, 2.24) is 4.90 Å². The van der Waals surface area contributed by atoms with Crippen molar-refractivity contribution in [3.63, 3.8) is 0 Å². The molecule has 0 radical (unpaired) electrons. The van der Waals surface area contributed by atoms with Crippen molar-refractivity contribution in [2.45, 2.75) is 13.2 Å². The third kappa shape index (κ3) is 5.05. The number of halogens is 2. The number of fused-ring (bicyclic) bond motifs is 1. The third-order valence-electron chi connectivity index (χ3n) is 4.04. The minimum absolute atomic E-state index is 0.174. The topological polar surface area (TPSA) is 60.0 Å². The van der Waals surface area contributed by atoms with E-state index in [9.17, 15) is 4.79 Å². The lowest BCUT2D eigenvalue weighted by molar-refractivity contribution is -0.117. The van der Waals surface area contributed by atoms with Crippen LogP contribution in [0.25, 0.3) is 0 Å². The largest absolute Gasteiger partial charge is 0.495 e. The van der Waals surface area contributed by atoms with Crippen molar-refractivity contribution in [3.05, 3.63) is 51.5 Å². The van der Waals surface area contributed by atoms with Crippen LogP contribution < -0.4 is 14.8 Å². The summed E-state index contributed by atoms with van der Waals surface area (Å²) in [6, 6.07) is 8.74. The summed E-state index contributed by atoms with van der Waals surface area (Å²) < 4.78 is 16.2. The predicted octanol–water partition coefficient (Wildman–Crippen LogP) is 3.94. The Morgan fingerprint density at radius 1 is 1.26 bits per heavy atom. The van der Waals surface area contributed by atoms with Gasteiger partial charge in [-0.15, -0.1) is 0 Å². The number of nitrogens with one attached hydrogen (secondary N) is 1. The number of benzene rings is 2. The molecule has 0 aromatic heterocycles. The van der Waals surface area contributed by atoms with Crippen molar-refractivity contribution >= 4 is 34.8 Å². The van der Waals surface area contributed by atoms with Gasteiger partial charge >= 0.3 is 0 Å². The second-order valence-corrected chi connectivity index (χ2v) is 7.10. The molecule has 0 aliphatic carbocycles. The number of carbonyl (C=O) groups is 1. The number of ether oxygens (including phenoxy) is 3. The minimum atomic E-state index is -0.182. The zero-order chi connectivity index (χ0) is 19.4. The number of anilines is 1. The van der Waals surface area contributed by atoms with E-state index in [1.807, 2.05) is 24.1 Å². The first-order chi connectivity index (χ1) is 13.0. The summed E-state index contributed by atoms with van der Waals surface area (Å²) in [5.74, 6) is 1.14. The standard InChI is InChI=1S/C19H20Cl2N2O4/c1-23(8-12-5-15(21)6-13-10-26-11-27-19(12)13)9-18(24)22-16-7-14(20)3-4-17(16)25-2/h3-7H,8-11H2,1-2H3,(H,22,24). The lowest BCUT2D eigenvalue weighted by Crippen LogP contribution is -2.30. The molecule has 0 fully saturated rings. The average Bonchev–Trinajstić information content (AvgIpc) is 2.61. The van der Waals surface area contributed by atoms with Crippen molar-refractivity contribution in [3.8, 4) is 11.5 Å². The lowest BCUT2D eigenvalue weighted by Gasteiger charge is -2.24. The second kappa shape index (κ2) is 8.80. The van der Waals surface area contributed by atoms with E-state index in [0.29, 0.717) is 34.6 Å². The van der Waals surface area contributed by atoms with Crippen LogP contribution >= 0.6 is 23.2 Å². The van der Waals surface area contributed by atoms with Gasteiger partial charge in [0.25, 0.3) is 0 Å². The van der Waals surface area contributed by atoms with Crippen LogP contribution in [0.3, 0.4) is 0 Å². The van der Waals surface area contributed by atoms with E-state index >= 15 is 0 Å². The smallest absolute Gasteiger partial charge is 0.238 e. The van der Waals surface area contributed by atoms with Crippen molar-refractivity contribution < 1.29 is 19.0 Å². The van der Waals surface area contributed by atoms with Gasteiger partial charge in [0.05, 0.1) is 25.9 Å². The van der Waals surface area contributed by atoms with E-state index in [1.165, 1.54) is 7.11 Å². The molecule has 0 atom stereocenters. The summed E-state index contributed by atoms with van der Waals surface area (Å²) in [6.07, 6.45) is 0. The van der Waals surface area contributed by atoms with Gasteiger partial charge in [0.1, 0.15) is 11.5 Å². The molecular formula is C19H20Cl2N2O4. The SMILES string of the molecule is COc1ccc(Cl)cc1NC(=O)CN(C)Cc1cc(Cl)cc2c1OCOC2. The number of carbonyl (C=O) groups excluding carboxylic acids is 1. The molecule has 2 aromatic carbocycles. The highest BCUT2D eigenvalue weighted by Crippen LogP contribution is 2.32. The van der Waals surface area contributed by atoms with Crippen LogP contribution in [0.5, 0.6) is 11.5 Å². The molecule has 2 aromatic rings. The Kier molecular flexibility index (Phi) is 6.44. The summed E-state index contributed by atoms with van der Waals surface area (Å²) in [5.41, 5.74) is 2.35. The molecule has 1 aliphatic heterocycles. The first kappa shape index (κ1) is 19.8. The summed E-state index contributed by atoms with van der Waals surface area (Å²) in [5, 5.41) is 3.95. The molecule has 8 heteroatoms. The zero-order valence-corrected chi connectivity index (χ0v) is 16.6.